The van der Waals surface area contributed by atoms with Gasteiger partial charge in [0.1, 0.15) is 5.82 Å². The van der Waals surface area contributed by atoms with Gasteiger partial charge in [-0.1, -0.05) is 29.8 Å². The molecule has 3 aromatic rings. The van der Waals surface area contributed by atoms with Crippen molar-refractivity contribution in [2.45, 2.75) is 11.8 Å². The van der Waals surface area contributed by atoms with Crippen molar-refractivity contribution in [1.82, 2.24) is 10.2 Å². The van der Waals surface area contributed by atoms with E-state index in [-0.39, 0.29) is 15.7 Å². The van der Waals surface area contributed by atoms with Crippen molar-refractivity contribution in [1.29, 1.82) is 0 Å². The van der Waals surface area contributed by atoms with E-state index in [0.29, 0.717) is 17.1 Å². The van der Waals surface area contributed by atoms with Gasteiger partial charge in [-0.3, -0.25) is 4.72 Å². The van der Waals surface area contributed by atoms with Gasteiger partial charge in [-0.2, -0.15) is 0 Å². The Hall–Kier alpha value is -2.71. The van der Waals surface area contributed by atoms with Gasteiger partial charge in [0.2, 0.25) is 0 Å². The predicted octanol–water partition coefficient (Wildman–Crippen LogP) is 4.12. The van der Waals surface area contributed by atoms with E-state index in [1.807, 2.05) is 0 Å². The Kier molecular flexibility index (Phi) is 5.06. The molecule has 0 unspecified atom stereocenters. The normalized spacial score (nSPS) is 11.2. The minimum Gasteiger partial charge on any atom is -0.339 e. The van der Waals surface area contributed by atoms with Crippen molar-refractivity contribution in [2.24, 2.45) is 0 Å². The fourth-order valence-electron chi connectivity index (χ4n) is 2.23. The SMILES string of the molecule is Cc1ccccc1S(=O)(=O)Nc1ccc(Nc2ccc(F)c(Cl)c2)nn1. The van der Waals surface area contributed by atoms with Crippen LogP contribution in [0.2, 0.25) is 5.02 Å². The number of halogens is 2. The standard InChI is InChI=1S/C17H14ClFN4O2S/c1-11-4-2-3-5-15(11)26(24,25)23-17-9-8-16(21-22-17)20-12-6-7-14(19)13(18)10-12/h2-10H,1H3,(H,20,21)(H,22,23). The molecule has 9 heteroatoms. The lowest BCUT2D eigenvalue weighted by atomic mass is 10.2. The summed E-state index contributed by atoms with van der Waals surface area (Å²) < 4.78 is 40.4. The van der Waals surface area contributed by atoms with Gasteiger partial charge in [0.15, 0.2) is 11.6 Å². The van der Waals surface area contributed by atoms with Crippen LogP contribution in [0.5, 0.6) is 0 Å². The van der Waals surface area contributed by atoms with E-state index in [4.69, 9.17) is 11.6 Å². The van der Waals surface area contributed by atoms with Crippen LogP contribution in [0.15, 0.2) is 59.5 Å². The molecule has 0 saturated heterocycles. The first-order valence-electron chi connectivity index (χ1n) is 7.49. The molecule has 0 aliphatic rings. The number of nitrogens with one attached hydrogen (secondary N) is 2. The number of rotatable bonds is 5. The third-order valence-electron chi connectivity index (χ3n) is 3.48. The summed E-state index contributed by atoms with van der Waals surface area (Å²) in [5.74, 6) is -0.0910. The van der Waals surface area contributed by atoms with Crippen LogP contribution in [0.4, 0.5) is 21.7 Å². The zero-order valence-electron chi connectivity index (χ0n) is 13.6. The van der Waals surface area contributed by atoms with Crippen LogP contribution in [-0.4, -0.2) is 18.6 Å². The Balaban J connectivity index is 1.75. The molecule has 2 N–H and O–H groups in total. The summed E-state index contributed by atoms with van der Waals surface area (Å²) in [6, 6.07) is 13.8. The molecular weight excluding hydrogens is 379 g/mol. The van der Waals surface area contributed by atoms with Gasteiger partial charge in [0.05, 0.1) is 9.92 Å². The maximum absolute atomic E-state index is 13.2. The summed E-state index contributed by atoms with van der Waals surface area (Å²) in [6.07, 6.45) is 0. The minimum atomic E-state index is -3.76. The lowest BCUT2D eigenvalue weighted by Gasteiger charge is -2.10. The van der Waals surface area contributed by atoms with Crippen LogP contribution >= 0.6 is 11.6 Å². The second kappa shape index (κ2) is 7.27. The van der Waals surface area contributed by atoms with Gasteiger partial charge in [-0.15, -0.1) is 10.2 Å². The van der Waals surface area contributed by atoms with Crippen molar-refractivity contribution in [2.75, 3.05) is 10.0 Å². The van der Waals surface area contributed by atoms with Gasteiger partial charge < -0.3 is 5.32 Å². The Morgan fingerprint density at radius 1 is 1.00 bits per heavy atom. The molecule has 3 rings (SSSR count). The van der Waals surface area contributed by atoms with Gasteiger partial charge in [-0.05, 0) is 48.9 Å². The quantitative estimate of drug-likeness (QED) is 0.682. The monoisotopic (exact) mass is 392 g/mol. The van der Waals surface area contributed by atoms with Crippen LogP contribution in [0, 0.1) is 12.7 Å². The van der Waals surface area contributed by atoms with Gasteiger partial charge >= 0.3 is 0 Å². The molecule has 1 aromatic heterocycles. The molecule has 0 aliphatic carbocycles. The maximum Gasteiger partial charge on any atom is 0.263 e. The zero-order valence-corrected chi connectivity index (χ0v) is 15.1. The highest BCUT2D eigenvalue weighted by Gasteiger charge is 2.17. The molecule has 6 nitrogen and oxygen atoms in total. The second-order valence-electron chi connectivity index (χ2n) is 5.43. The lowest BCUT2D eigenvalue weighted by molar-refractivity contribution is 0.600. The fourth-order valence-corrected chi connectivity index (χ4v) is 3.65. The molecule has 0 bridgehead atoms. The molecule has 134 valence electrons. The smallest absolute Gasteiger partial charge is 0.263 e. The van der Waals surface area contributed by atoms with Gasteiger partial charge in [0.25, 0.3) is 10.0 Å². The molecule has 0 radical (unpaired) electrons. The Morgan fingerprint density at radius 2 is 1.69 bits per heavy atom. The van der Waals surface area contributed by atoms with Crippen LogP contribution in [0.3, 0.4) is 0 Å². The molecule has 1 heterocycles. The summed E-state index contributed by atoms with van der Waals surface area (Å²) in [6.45, 7) is 1.71. The number of hydrogen-bond donors (Lipinski definition) is 2. The largest absolute Gasteiger partial charge is 0.339 e. The summed E-state index contributed by atoms with van der Waals surface area (Å²) in [4.78, 5) is 0.171. The Morgan fingerprint density at radius 3 is 2.35 bits per heavy atom. The number of hydrogen-bond acceptors (Lipinski definition) is 5. The molecule has 0 amide bonds. The highest BCUT2D eigenvalue weighted by atomic mass is 35.5. The van der Waals surface area contributed by atoms with Crippen molar-refractivity contribution >= 4 is 38.9 Å². The molecule has 0 aliphatic heterocycles. The highest BCUT2D eigenvalue weighted by Crippen LogP contribution is 2.22. The topological polar surface area (TPSA) is 84.0 Å². The Bertz CT molecular complexity index is 1040. The highest BCUT2D eigenvalue weighted by molar-refractivity contribution is 7.92. The van der Waals surface area contributed by atoms with Crippen LogP contribution in [0.1, 0.15) is 5.56 Å². The summed E-state index contributed by atoms with van der Waals surface area (Å²) in [5, 5.41) is 10.6. The predicted molar refractivity (Wildman–Crippen MR) is 98.7 cm³/mol. The number of nitrogens with zero attached hydrogens (tertiary/aromatic N) is 2. The average Bonchev–Trinajstić information content (AvgIpc) is 2.60. The molecule has 2 aromatic carbocycles. The van der Waals surface area contributed by atoms with E-state index in [0.717, 1.165) is 0 Å². The van der Waals surface area contributed by atoms with Crippen molar-refractivity contribution in [3.8, 4) is 0 Å². The third kappa shape index (κ3) is 4.09. The second-order valence-corrected chi connectivity index (χ2v) is 7.49. The number of aromatic nitrogens is 2. The van der Waals surface area contributed by atoms with E-state index >= 15 is 0 Å². The van der Waals surface area contributed by atoms with E-state index < -0.39 is 15.8 Å². The number of aryl methyl sites for hydroxylation is 1. The van der Waals surface area contributed by atoms with E-state index in [1.54, 1.807) is 31.2 Å². The van der Waals surface area contributed by atoms with Crippen molar-refractivity contribution in [3.05, 3.63) is 71.0 Å². The van der Waals surface area contributed by atoms with Gasteiger partial charge in [-0.25, -0.2) is 12.8 Å². The van der Waals surface area contributed by atoms with E-state index in [2.05, 4.69) is 20.2 Å². The molecule has 0 saturated carbocycles. The Labute approximate surface area is 155 Å². The zero-order chi connectivity index (χ0) is 18.7. The molecule has 0 spiro atoms. The first-order valence-corrected chi connectivity index (χ1v) is 9.35. The molecule has 26 heavy (non-hydrogen) atoms. The summed E-state index contributed by atoms with van der Waals surface area (Å²) >= 11 is 5.72. The number of sulfonamides is 1. The van der Waals surface area contributed by atoms with Gasteiger partial charge in [0, 0.05) is 5.69 Å². The van der Waals surface area contributed by atoms with Crippen molar-refractivity contribution in [3.63, 3.8) is 0 Å². The first kappa shape index (κ1) is 18.1. The first-order chi connectivity index (χ1) is 12.3. The number of benzene rings is 2. The van der Waals surface area contributed by atoms with Crippen LogP contribution < -0.4 is 10.0 Å². The molecular formula is C17H14ClFN4O2S. The summed E-state index contributed by atoms with van der Waals surface area (Å²) in [5.41, 5.74) is 1.15. The average molecular weight is 393 g/mol. The van der Waals surface area contributed by atoms with Crippen molar-refractivity contribution < 1.29 is 12.8 Å². The van der Waals surface area contributed by atoms with E-state index in [9.17, 15) is 12.8 Å². The fraction of sp³-hybridized carbons (Fsp3) is 0.0588. The maximum atomic E-state index is 13.2. The lowest BCUT2D eigenvalue weighted by Crippen LogP contribution is -2.15. The number of anilines is 3. The minimum absolute atomic E-state index is 0.0226. The third-order valence-corrected chi connectivity index (χ3v) is 5.28. The van der Waals surface area contributed by atoms with Crippen LogP contribution in [0.25, 0.3) is 0 Å². The summed E-state index contributed by atoms with van der Waals surface area (Å²) in [7, 11) is -3.76. The van der Waals surface area contributed by atoms with E-state index in [1.165, 1.54) is 30.3 Å². The molecule has 0 fully saturated rings. The molecule has 0 atom stereocenters. The van der Waals surface area contributed by atoms with Crippen LogP contribution in [-0.2, 0) is 10.0 Å².